The van der Waals surface area contributed by atoms with Gasteiger partial charge < -0.3 is 0 Å². The van der Waals surface area contributed by atoms with Crippen molar-refractivity contribution >= 4 is 9.84 Å². The molecule has 0 radical (unpaired) electrons. The Morgan fingerprint density at radius 1 is 1.25 bits per heavy atom. The molecule has 0 amide bonds. The summed E-state index contributed by atoms with van der Waals surface area (Å²) in [4.78, 5) is 2.80. The summed E-state index contributed by atoms with van der Waals surface area (Å²) in [5.41, 5.74) is 8.65. The third-order valence-electron chi connectivity index (χ3n) is 1.88. The van der Waals surface area contributed by atoms with Crippen LogP contribution >= 0.6 is 0 Å². The van der Waals surface area contributed by atoms with E-state index in [1.807, 2.05) is 0 Å². The number of hydrogen-bond acceptors (Lipinski definition) is 3. The highest BCUT2D eigenvalue weighted by molar-refractivity contribution is 7.90. The zero-order chi connectivity index (χ0) is 15.4. The van der Waals surface area contributed by atoms with Crippen LogP contribution in [0.1, 0.15) is 5.56 Å². The van der Waals surface area contributed by atoms with Crippen molar-refractivity contribution in [1.82, 2.24) is 0 Å². The molecule has 0 aliphatic rings. The number of sulfone groups is 1. The highest BCUT2D eigenvalue weighted by Crippen LogP contribution is 2.15. The maximum absolute atomic E-state index is 11.3. The van der Waals surface area contributed by atoms with E-state index < -0.39 is 9.84 Å². The second-order valence-electron chi connectivity index (χ2n) is 3.31. The Morgan fingerprint density at radius 3 is 2.25 bits per heavy atom. The molecule has 0 saturated heterocycles. The summed E-state index contributed by atoms with van der Waals surface area (Å²) in [5.74, 6) is 8.61. The second kappa shape index (κ2) is 9.14. The number of nitrogens with zero attached hydrogens (tertiary/aromatic N) is 3. The Hall–Kier alpha value is -2.84. The lowest BCUT2D eigenvalue weighted by molar-refractivity contribution is 0.600. The fourth-order valence-electron chi connectivity index (χ4n) is 1.18. The Kier molecular flexibility index (Phi) is 7.84. The molecule has 0 fully saturated rings. The summed E-state index contributed by atoms with van der Waals surface area (Å²) in [6, 6.07) is 6.47. The van der Waals surface area contributed by atoms with Crippen molar-refractivity contribution in [3.05, 3.63) is 40.3 Å². The zero-order valence-electron chi connectivity index (χ0n) is 10.7. The highest BCUT2D eigenvalue weighted by atomic mass is 32.2. The molecule has 100 valence electrons. The molecule has 0 N–H and O–H groups in total. The Labute approximate surface area is 118 Å². The van der Waals surface area contributed by atoms with Crippen LogP contribution in [0.4, 0.5) is 0 Å². The summed E-state index contributed by atoms with van der Waals surface area (Å²) in [7, 11) is -3.25. The number of rotatable bonds is 3. The van der Waals surface area contributed by atoms with Crippen LogP contribution in [0, 0.1) is 36.5 Å². The van der Waals surface area contributed by atoms with Gasteiger partial charge >= 0.3 is 0 Å². The number of azide groups is 1. The molecule has 0 aromatic heterocycles. The molecule has 0 bridgehead atoms. The molecule has 0 atom stereocenters. The summed E-state index contributed by atoms with van der Waals surface area (Å²) < 4.78 is 22.6. The molecular formula is C14H11N3O2S. The monoisotopic (exact) mass is 285 g/mol. The number of terminal acetylenes is 2. The molecule has 0 saturated carbocycles. The molecule has 20 heavy (non-hydrogen) atoms. The predicted octanol–water partition coefficient (Wildman–Crippen LogP) is 2.16. The van der Waals surface area contributed by atoms with E-state index in [0.29, 0.717) is 5.56 Å². The first-order chi connectivity index (χ1) is 9.47. The van der Waals surface area contributed by atoms with E-state index in [0.717, 1.165) is 6.26 Å². The molecule has 1 rings (SSSR count). The number of benzene rings is 1. The minimum Gasteiger partial charge on any atom is -0.224 e. The van der Waals surface area contributed by atoms with E-state index in [9.17, 15) is 8.42 Å². The van der Waals surface area contributed by atoms with Gasteiger partial charge in [-0.15, -0.1) is 12.8 Å². The first-order valence-electron chi connectivity index (χ1n) is 5.17. The maximum Gasteiger partial charge on any atom is 0.175 e. The molecule has 5 nitrogen and oxygen atoms in total. The van der Waals surface area contributed by atoms with Crippen LogP contribution in [-0.2, 0) is 16.4 Å². The first kappa shape index (κ1) is 17.2. The van der Waals surface area contributed by atoms with E-state index in [1.165, 1.54) is 6.07 Å². The minimum atomic E-state index is -3.25. The van der Waals surface area contributed by atoms with Crippen molar-refractivity contribution in [2.75, 3.05) is 6.26 Å². The van der Waals surface area contributed by atoms with E-state index in [1.54, 1.807) is 18.2 Å². The van der Waals surface area contributed by atoms with Gasteiger partial charge in [0, 0.05) is 11.2 Å². The summed E-state index contributed by atoms with van der Waals surface area (Å²) >= 11 is 0. The van der Waals surface area contributed by atoms with Crippen molar-refractivity contribution in [2.24, 2.45) is 5.11 Å². The van der Waals surface area contributed by atoms with Gasteiger partial charge in [-0.2, -0.15) is 0 Å². The molecule has 0 aliphatic carbocycles. The van der Waals surface area contributed by atoms with Gasteiger partial charge in [-0.1, -0.05) is 23.3 Å². The third kappa shape index (κ3) is 6.79. The zero-order valence-corrected chi connectivity index (χ0v) is 11.6. The van der Waals surface area contributed by atoms with Crippen LogP contribution in [0.15, 0.2) is 34.3 Å². The van der Waals surface area contributed by atoms with Crippen LogP contribution < -0.4 is 0 Å². The summed E-state index contributed by atoms with van der Waals surface area (Å²) in [5, 5.41) is 3.33. The second-order valence-corrected chi connectivity index (χ2v) is 5.29. The third-order valence-corrected chi connectivity index (χ3v) is 3.08. The lowest BCUT2D eigenvalue weighted by atomic mass is 10.2. The van der Waals surface area contributed by atoms with Gasteiger partial charge in [0.05, 0.1) is 11.4 Å². The van der Waals surface area contributed by atoms with Gasteiger partial charge in [-0.25, -0.2) is 8.42 Å². The maximum atomic E-state index is 11.3. The molecular weight excluding hydrogens is 274 g/mol. The van der Waals surface area contributed by atoms with Gasteiger partial charge in [-0.05, 0) is 40.8 Å². The largest absolute Gasteiger partial charge is 0.224 e. The Morgan fingerprint density at radius 2 is 1.80 bits per heavy atom. The van der Waals surface area contributed by atoms with Crippen LogP contribution in [0.3, 0.4) is 0 Å². The summed E-state index contributed by atoms with van der Waals surface area (Å²) in [6.07, 6.45) is 10.5. The van der Waals surface area contributed by atoms with E-state index in [4.69, 9.17) is 18.4 Å². The molecule has 0 spiro atoms. The predicted molar refractivity (Wildman–Crippen MR) is 77.8 cm³/mol. The van der Waals surface area contributed by atoms with Gasteiger partial charge in [0.2, 0.25) is 0 Å². The van der Waals surface area contributed by atoms with E-state index >= 15 is 0 Å². The topological polar surface area (TPSA) is 82.9 Å². The fourth-order valence-corrected chi connectivity index (χ4v) is 2.11. The van der Waals surface area contributed by atoms with Gasteiger partial charge in [0.1, 0.15) is 0 Å². The van der Waals surface area contributed by atoms with Crippen molar-refractivity contribution in [1.29, 1.82) is 0 Å². The Balaban J connectivity index is 0.000000511. The molecule has 0 aliphatic heterocycles. The van der Waals surface area contributed by atoms with Gasteiger partial charge in [0.15, 0.2) is 9.84 Å². The van der Waals surface area contributed by atoms with Crippen molar-refractivity contribution in [3.63, 3.8) is 0 Å². The molecule has 1 aromatic carbocycles. The normalized spacial score (nSPS) is 8.35. The molecule has 1 aromatic rings. The SMILES string of the molecule is C#CC#CC#C.CS(=O)(=O)c1ccccc1CN=[N+]=[N-]. The van der Waals surface area contributed by atoms with Crippen LogP contribution in [0.25, 0.3) is 10.4 Å². The van der Waals surface area contributed by atoms with Crippen LogP contribution in [-0.4, -0.2) is 14.7 Å². The Bertz CT molecular complexity index is 732. The standard InChI is InChI=1S/C8H9N3O2S.C6H2/c1-14(12,13)8-5-3-2-4-7(8)6-10-11-9;1-3-5-6-4-2/h2-5H,6H2,1H3;1-2H. The average Bonchev–Trinajstić information content (AvgIpc) is 2.43. The lowest BCUT2D eigenvalue weighted by Gasteiger charge is -2.03. The van der Waals surface area contributed by atoms with Crippen molar-refractivity contribution in [3.8, 4) is 36.5 Å². The van der Waals surface area contributed by atoms with Gasteiger partial charge in [-0.3, -0.25) is 0 Å². The quantitative estimate of drug-likeness (QED) is 0.369. The van der Waals surface area contributed by atoms with Crippen LogP contribution in [0.5, 0.6) is 0 Å². The van der Waals surface area contributed by atoms with Crippen molar-refractivity contribution < 1.29 is 8.42 Å². The summed E-state index contributed by atoms with van der Waals surface area (Å²) in [6.45, 7) is 0.0553. The molecule has 6 heteroatoms. The average molecular weight is 285 g/mol. The fraction of sp³-hybridized carbons (Fsp3) is 0.143. The number of hydrogen-bond donors (Lipinski definition) is 0. The lowest BCUT2D eigenvalue weighted by Crippen LogP contribution is -2.01. The minimum absolute atomic E-state index is 0.0553. The smallest absolute Gasteiger partial charge is 0.175 e. The van der Waals surface area contributed by atoms with E-state index in [2.05, 4.69) is 33.7 Å². The van der Waals surface area contributed by atoms with E-state index in [-0.39, 0.29) is 11.4 Å². The first-order valence-corrected chi connectivity index (χ1v) is 7.06. The molecule has 0 heterocycles. The van der Waals surface area contributed by atoms with Crippen LogP contribution in [0.2, 0.25) is 0 Å². The molecule has 0 unspecified atom stereocenters. The van der Waals surface area contributed by atoms with Crippen molar-refractivity contribution in [2.45, 2.75) is 11.4 Å². The van der Waals surface area contributed by atoms with Gasteiger partial charge in [0.25, 0.3) is 0 Å². The highest BCUT2D eigenvalue weighted by Gasteiger charge is 2.10.